The Balaban J connectivity index is 1.63. The molecular formula is C27H35F3N2O2. The first-order chi connectivity index (χ1) is 16.2. The van der Waals surface area contributed by atoms with Crippen LogP contribution in [0.15, 0.2) is 48.5 Å². The van der Waals surface area contributed by atoms with Gasteiger partial charge in [-0.05, 0) is 43.1 Å². The number of hydrogen-bond donors (Lipinski definition) is 1. The molecule has 0 aromatic heterocycles. The van der Waals surface area contributed by atoms with E-state index in [0.717, 1.165) is 51.0 Å². The molecule has 186 valence electrons. The van der Waals surface area contributed by atoms with E-state index < -0.39 is 17.3 Å². The smallest absolute Gasteiger partial charge is 0.419 e. The first kappa shape index (κ1) is 25.0. The van der Waals surface area contributed by atoms with Crippen LogP contribution in [0.1, 0.15) is 54.7 Å². The highest BCUT2D eigenvalue weighted by molar-refractivity contribution is 5.42. The molecule has 2 fully saturated rings. The van der Waals surface area contributed by atoms with Crippen molar-refractivity contribution in [2.45, 2.75) is 56.4 Å². The minimum absolute atomic E-state index is 0.0674. The second-order valence-corrected chi connectivity index (χ2v) is 9.85. The maximum atomic E-state index is 14.1. The Hall–Kier alpha value is -2.09. The second kappa shape index (κ2) is 10.7. The summed E-state index contributed by atoms with van der Waals surface area (Å²) < 4.78 is 47.9. The molecule has 0 radical (unpaired) electrons. The van der Waals surface area contributed by atoms with E-state index in [1.807, 2.05) is 30.3 Å². The van der Waals surface area contributed by atoms with Crippen LogP contribution in [0, 0.1) is 0 Å². The van der Waals surface area contributed by atoms with E-state index in [-0.39, 0.29) is 18.3 Å². The zero-order chi connectivity index (χ0) is 24.2. The van der Waals surface area contributed by atoms with E-state index in [1.54, 1.807) is 6.07 Å². The van der Waals surface area contributed by atoms with Crippen molar-refractivity contribution in [3.8, 4) is 5.75 Å². The van der Waals surface area contributed by atoms with Crippen molar-refractivity contribution in [3.63, 3.8) is 0 Å². The zero-order valence-electron chi connectivity index (χ0n) is 19.9. The van der Waals surface area contributed by atoms with Gasteiger partial charge >= 0.3 is 6.18 Å². The number of likely N-dealkylation sites (N-methyl/N-ethyl adjacent to an activating group) is 1. The van der Waals surface area contributed by atoms with E-state index in [2.05, 4.69) is 16.8 Å². The number of benzene rings is 2. The molecule has 2 aromatic carbocycles. The molecule has 7 heteroatoms. The second-order valence-electron chi connectivity index (χ2n) is 9.85. The fraction of sp³-hybridized carbons (Fsp3) is 0.556. The Morgan fingerprint density at radius 1 is 0.971 bits per heavy atom. The Kier molecular flexibility index (Phi) is 7.85. The third-order valence-corrected chi connectivity index (χ3v) is 7.35. The van der Waals surface area contributed by atoms with Crippen LogP contribution in [0.3, 0.4) is 0 Å². The van der Waals surface area contributed by atoms with Crippen molar-refractivity contribution in [1.29, 1.82) is 0 Å². The number of halogens is 3. The Morgan fingerprint density at radius 2 is 1.65 bits per heavy atom. The van der Waals surface area contributed by atoms with Crippen LogP contribution >= 0.6 is 0 Å². The van der Waals surface area contributed by atoms with Gasteiger partial charge in [0.1, 0.15) is 12.4 Å². The van der Waals surface area contributed by atoms with E-state index >= 15 is 0 Å². The van der Waals surface area contributed by atoms with Gasteiger partial charge in [0.05, 0.1) is 11.2 Å². The van der Waals surface area contributed by atoms with Crippen molar-refractivity contribution in [2.24, 2.45) is 0 Å². The number of aliphatic hydroxyl groups is 1. The summed E-state index contributed by atoms with van der Waals surface area (Å²) in [6.45, 7) is 4.18. The zero-order valence-corrected chi connectivity index (χ0v) is 19.9. The Labute approximate surface area is 200 Å². The van der Waals surface area contributed by atoms with Gasteiger partial charge in [-0.25, -0.2) is 0 Å². The van der Waals surface area contributed by atoms with Crippen molar-refractivity contribution in [2.75, 3.05) is 39.8 Å². The Bertz CT molecular complexity index is 921. The molecule has 0 amide bonds. The third kappa shape index (κ3) is 6.12. The van der Waals surface area contributed by atoms with Crippen LogP contribution in [-0.2, 0) is 12.8 Å². The monoisotopic (exact) mass is 476 g/mol. The van der Waals surface area contributed by atoms with Gasteiger partial charge in [0.25, 0.3) is 0 Å². The van der Waals surface area contributed by atoms with E-state index in [0.29, 0.717) is 24.9 Å². The average Bonchev–Trinajstić information content (AvgIpc) is 2.83. The summed E-state index contributed by atoms with van der Waals surface area (Å²) in [5.41, 5.74) is -0.410. The van der Waals surface area contributed by atoms with Crippen LogP contribution in [0.5, 0.6) is 5.75 Å². The highest BCUT2D eigenvalue weighted by atomic mass is 19.4. The predicted octanol–water partition coefficient (Wildman–Crippen LogP) is 5.31. The average molecular weight is 477 g/mol. The fourth-order valence-electron chi connectivity index (χ4n) is 5.23. The quantitative estimate of drug-likeness (QED) is 0.588. The molecule has 0 bridgehead atoms. The molecule has 1 aliphatic heterocycles. The van der Waals surface area contributed by atoms with E-state index in [4.69, 9.17) is 4.74 Å². The van der Waals surface area contributed by atoms with Gasteiger partial charge < -0.3 is 19.6 Å². The number of nitrogens with zero attached hydrogens (tertiary/aromatic N) is 2. The number of piperazine rings is 1. The van der Waals surface area contributed by atoms with Crippen LogP contribution in [0.25, 0.3) is 0 Å². The minimum atomic E-state index is -4.55. The maximum Gasteiger partial charge on any atom is 0.419 e. The molecule has 1 saturated heterocycles. The molecule has 0 spiro atoms. The van der Waals surface area contributed by atoms with Gasteiger partial charge in [0, 0.05) is 38.6 Å². The molecule has 1 unspecified atom stereocenters. The summed E-state index contributed by atoms with van der Waals surface area (Å²) in [6, 6.07) is 13.6. The van der Waals surface area contributed by atoms with Gasteiger partial charge in [-0.3, -0.25) is 0 Å². The standard InChI is InChI=1S/C27H35F3N2O2/c1-31-14-16-32(17-15-31)19-24(26(33)12-6-3-7-13-26)22-10-11-25(23(18-22)27(28,29)30)34-20-21-8-4-2-5-9-21/h2,4-5,8-11,18,24,33H,3,6-7,12-17,19-20H2,1H3. The minimum Gasteiger partial charge on any atom is -0.488 e. The molecule has 1 aliphatic carbocycles. The summed E-state index contributed by atoms with van der Waals surface area (Å²) in [5.74, 6) is -0.547. The molecule has 4 nitrogen and oxygen atoms in total. The van der Waals surface area contributed by atoms with E-state index in [1.165, 1.54) is 12.1 Å². The highest BCUT2D eigenvalue weighted by Gasteiger charge is 2.42. The lowest BCUT2D eigenvalue weighted by Gasteiger charge is -2.43. The summed E-state index contributed by atoms with van der Waals surface area (Å²) >= 11 is 0. The van der Waals surface area contributed by atoms with Crippen molar-refractivity contribution in [1.82, 2.24) is 9.80 Å². The van der Waals surface area contributed by atoms with Crippen LogP contribution in [-0.4, -0.2) is 60.3 Å². The lowest BCUT2D eigenvalue weighted by Crippen LogP contribution is -2.50. The van der Waals surface area contributed by atoms with Gasteiger partial charge in [0.15, 0.2) is 0 Å². The van der Waals surface area contributed by atoms with Gasteiger partial charge in [-0.1, -0.05) is 55.7 Å². The maximum absolute atomic E-state index is 14.1. The van der Waals surface area contributed by atoms with Gasteiger partial charge in [-0.2, -0.15) is 13.2 Å². The number of hydrogen-bond acceptors (Lipinski definition) is 4. The summed E-state index contributed by atoms with van der Waals surface area (Å²) in [7, 11) is 2.08. The molecule has 4 rings (SSSR count). The highest BCUT2D eigenvalue weighted by Crippen LogP contribution is 2.44. The molecule has 34 heavy (non-hydrogen) atoms. The van der Waals surface area contributed by atoms with Crippen LogP contribution < -0.4 is 4.74 Å². The van der Waals surface area contributed by atoms with Gasteiger partial charge in [0.2, 0.25) is 0 Å². The SMILES string of the molecule is CN1CCN(CC(c2ccc(OCc3ccccc3)c(C(F)(F)F)c2)C2(O)CCCCC2)CC1. The van der Waals surface area contributed by atoms with Crippen molar-refractivity contribution in [3.05, 3.63) is 65.2 Å². The molecule has 1 atom stereocenters. The molecular weight excluding hydrogens is 441 g/mol. The first-order valence-electron chi connectivity index (χ1n) is 12.3. The number of rotatable bonds is 7. The summed E-state index contributed by atoms with van der Waals surface area (Å²) in [5, 5.41) is 11.6. The van der Waals surface area contributed by atoms with Gasteiger partial charge in [-0.15, -0.1) is 0 Å². The summed E-state index contributed by atoms with van der Waals surface area (Å²) in [6.07, 6.45) is -0.433. The molecule has 2 aromatic rings. The third-order valence-electron chi connectivity index (χ3n) is 7.35. The molecule has 2 aliphatic rings. The van der Waals surface area contributed by atoms with Crippen molar-refractivity contribution >= 4 is 0 Å². The van der Waals surface area contributed by atoms with E-state index in [9.17, 15) is 18.3 Å². The van der Waals surface area contributed by atoms with Crippen LogP contribution in [0.2, 0.25) is 0 Å². The number of ether oxygens (including phenoxy) is 1. The molecule has 1 N–H and O–H groups in total. The fourth-order valence-corrected chi connectivity index (χ4v) is 5.23. The van der Waals surface area contributed by atoms with Crippen molar-refractivity contribution < 1.29 is 23.0 Å². The first-order valence-corrected chi connectivity index (χ1v) is 12.3. The van der Waals surface area contributed by atoms with Crippen LogP contribution in [0.4, 0.5) is 13.2 Å². The predicted molar refractivity (Wildman–Crippen MR) is 127 cm³/mol. The number of alkyl halides is 3. The normalized spacial score (nSPS) is 20.7. The molecule has 1 heterocycles. The molecule has 1 saturated carbocycles. The lowest BCUT2D eigenvalue weighted by molar-refractivity contribution is -0.139. The lowest BCUT2D eigenvalue weighted by atomic mass is 9.72. The topological polar surface area (TPSA) is 35.9 Å². The summed E-state index contributed by atoms with van der Waals surface area (Å²) in [4.78, 5) is 4.53. The largest absolute Gasteiger partial charge is 0.488 e. The Morgan fingerprint density at radius 3 is 2.29 bits per heavy atom.